The van der Waals surface area contributed by atoms with E-state index >= 15 is 0 Å². The number of rotatable bonds is 6. The number of hydrogen-bond donors (Lipinski definition) is 0. The lowest BCUT2D eigenvalue weighted by Gasteiger charge is -2.12. The zero-order chi connectivity index (χ0) is 19.2. The van der Waals surface area contributed by atoms with Crippen LogP contribution in [0.4, 0.5) is 0 Å². The Kier molecular flexibility index (Phi) is 5.77. The van der Waals surface area contributed by atoms with Crippen molar-refractivity contribution < 1.29 is 19.0 Å². The van der Waals surface area contributed by atoms with E-state index in [1.54, 1.807) is 19.2 Å². The van der Waals surface area contributed by atoms with Crippen molar-refractivity contribution in [2.24, 2.45) is 0 Å². The van der Waals surface area contributed by atoms with Gasteiger partial charge in [-0.3, -0.25) is 0 Å². The molecule has 0 fully saturated rings. The molecular formula is C22H21NO4. The van der Waals surface area contributed by atoms with E-state index in [-0.39, 0.29) is 5.57 Å². The number of nitrogens with zero attached hydrogens (tertiary/aromatic N) is 1. The zero-order valence-electron chi connectivity index (χ0n) is 15.5. The highest BCUT2D eigenvalue weighted by atomic mass is 16.5. The third-order valence-electron chi connectivity index (χ3n) is 4.61. The molecule has 1 aliphatic carbocycles. The van der Waals surface area contributed by atoms with Crippen LogP contribution >= 0.6 is 0 Å². The first-order valence-corrected chi connectivity index (χ1v) is 8.76. The lowest BCUT2D eigenvalue weighted by molar-refractivity contribution is -0.135. The molecule has 0 atom stereocenters. The first-order chi connectivity index (χ1) is 13.1. The predicted molar refractivity (Wildman–Crippen MR) is 101 cm³/mol. The van der Waals surface area contributed by atoms with E-state index in [9.17, 15) is 4.79 Å². The highest BCUT2D eigenvalue weighted by molar-refractivity contribution is 5.97. The first-order valence-electron chi connectivity index (χ1n) is 8.76. The van der Waals surface area contributed by atoms with Crippen molar-refractivity contribution in [1.29, 1.82) is 5.26 Å². The van der Waals surface area contributed by atoms with Crippen LogP contribution in [0.1, 0.15) is 28.7 Å². The van der Waals surface area contributed by atoms with Gasteiger partial charge in [0.2, 0.25) is 0 Å². The van der Waals surface area contributed by atoms with Crippen LogP contribution in [-0.2, 0) is 29.0 Å². The van der Waals surface area contributed by atoms with Crippen molar-refractivity contribution in [3.63, 3.8) is 0 Å². The average Bonchev–Trinajstić information content (AvgIpc) is 3.17. The fraction of sp³-hybridized carbons (Fsp3) is 0.273. The quantitative estimate of drug-likeness (QED) is 0.443. The monoisotopic (exact) mass is 363 g/mol. The zero-order valence-corrected chi connectivity index (χ0v) is 15.5. The molecule has 0 heterocycles. The van der Waals surface area contributed by atoms with Gasteiger partial charge in [-0.15, -0.1) is 0 Å². The molecule has 138 valence electrons. The average molecular weight is 363 g/mol. The Bertz CT molecular complexity index is 924. The Hall–Kier alpha value is -3.26. The number of methoxy groups -OCH3 is 2. The van der Waals surface area contributed by atoms with Crippen LogP contribution in [0.3, 0.4) is 0 Å². The summed E-state index contributed by atoms with van der Waals surface area (Å²) in [5, 5.41) is 9.12. The SMILES string of the molecule is COC(=O)/C(C#N)=C\c1ccc(OC)c(COc2ccc3c(c2)CCC3)c1. The molecule has 0 bridgehead atoms. The minimum atomic E-state index is -0.663. The molecule has 0 N–H and O–H groups in total. The number of fused-ring (bicyclic) bond motifs is 1. The third-order valence-corrected chi connectivity index (χ3v) is 4.61. The number of carbonyl (C=O) groups is 1. The van der Waals surface area contributed by atoms with Crippen molar-refractivity contribution >= 4 is 12.0 Å². The van der Waals surface area contributed by atoms with Gasteiger partial charge in [-0.25, -0.2) is 4.79 Å². The lowest BCUT2D eigenvalue weighted by atomic mass is 10.1. The van der Waals surface area contributed by atoms with Crippen molar-refractivity contribution in [2.75, 3.05) is 14.2 Å². The summed E-state index contributed by atoms with van der Waals surface area (Å²) in [6, 6.07) is 13.5. The van der Waals surface area contributed by atoms with Crippen molar-refractivity contribution in [2.45, 2.75) is 25.9 Å². The lowest BCUT2D eigenvalue weighted by Crippen LogP contribution is -2.03. The Morgan fingerprint density at radius 1 is 1.15 bits per heavy atom. The van der Waals surface area contributed by atoms with Crippen LogP contribution < -0.4 is 9.47 Å². The Morgan fingerprint density at radius 2 is 1.96 bits per heavy atom. The summed E-state index contributed by atoms with van der Waals surface area (Å²) >= 11 is 0. The van der Waals surface area contributed by atoms with Gasteiger partial charge in [-0.2, -0.15) is 5.26 Å². The standard InChI is InChI=1S/C22H21NO4/c1-25-21-9-6-15(10-18(13-23)22(24)26-2)11-19(21)14-27-20-8-7-16-4-3-5-17(16)12-20/h6-12H,3-5,14H2,1-2H3/b18-10-. The largest absolute Gasteiger partial charge is 0.496 e. The molecule has 0 radical (unpaired) electrons. The molecule has 5 heteroatoms. The minimum absolute atomic E-state index is 0.0619. The number of esters is 1. The van der Waals surface area contributed by atoms with Gasteiger partial charge < -0.3 is 14.2 Å². The summed E-state index contributed by atoms with van der Waals surface area (Å²) in [6.45, 7) is 0.323. The molecule has 0 saturated heterocycles. The van der Waals surface area contributed by atoms with Crippen LogP contribution in [0, 0.1) is 11.3 Å². The molecule has 1 aliphatic rings. The maximum absolute atomic E-state index is 11.6. The minimum Gasteiger partial charge on any atom is -0.496 e. The summed E-state index contributed by atoms with van der Waals surface area (Å²) in [7, 11) is 2.84. The third kappa shape index (κ3) is 4.29. The molecule has 27 heavy (non-hydrogen) atoms. The second-order valence-electron chi connectivity index (χ2n) is 6.31. The van der Waals surface area contributed by atoms with E-state index in [4.69, 9.17) is 14.7 Å². The summed E-state index contributed by atoms with van der Waals surface area (Å²) in [6.07, 6.45) is 4.92. The number of ether oxygens (including phenoxy) is 3. The number of benzene rings is 2. The molecule has 0 saturated carbocycles. The maximum atomic E-state index is 11.6. The van der Waals surface area contributed by atoms with E-state index in [1.807, 2.05) is 18.2 Å². The van der Waals surface area contributed by atoms with E-state index in [1.165, 1.54) is 30.7 Å². The molecule has 3 rings (SSSR count). The summed E-state index contributed by atoms with van der Waals surface area (Å²) < 4.78 is 16.0. The van der Waals surface area contributed by atoms with Gasteiger partial charge in [0.05, 0.1) is 14.2 Å². The normalized spacial score (nSPS) is 12.9. The molecule has 2 aromatic rings. The van der Waals surface area contributed by atoms with E-state index in [0.29, 0.717) is 17.9 Å². The van der Waals surface area contributed by atoms with Gasteiger partial charge in [-0.05, 0) is 66.3 Å². The van der Waals surface area contributed by atoms with Crippen molar-refractivity contribution in [3.05, 3.63) is 64.2 Å². The highest BCUT2D eigenvalue weighted by Crippen LogP contribution is 2.28. The molecule has 0 amide bonds. The van der Waals surface area contributed by atoms with Crippen LogP contribution in [0.15, 0.2) is 42.0 Å². The Balaban J connectivity index is 1.81. The second kappa shape index (κ2) is 8.41. The first kappa shape index (κ1) is 18.5. The molecule has 0 unspecified atom stereocenters. The van der Waals surface area contributed by atoms with E-state index in [2.05, 4.69) is 16.9 Å². The summed E-state index contributed by atoms with van der Waals surface area (Å²) in [5.41, 5.74) is 4.22. The smallest absolute Gasteiger partial charge is 0.348 e. The molecule has 5 nitrogen and oxygen atoms in total. The maximum Gasteiger partial charge on any atom is 0.348 e. The topological polar surface area (TPSA) is 68.6 Å². The number of aryl methyl sites for hydroxylation is 2. The van der Waals surface area contributed by atoms with E-state index in [0.717, 1.165) is 24.2 Å². The van der Waals surface area contributed by atoms with Gasteiger partial charge in [0, 0.05) is 5.56 Å². The van der Waals surface area contributed by atoms with Gasteiger partial charge >= 0.3 is 5.97 Å². The van der Waals surface area contributed by atoms with Crippen LogP contribution in [0.5, 0.6) is 11.5 Å². The summed E-state index contributed by atoms with van der Waals surface area (Å²) in [4.78, 5) is 11.6. The number of carbonyl (C=O) groups excluding carboxylic acids is 1. The number of nitriles is 1. The fourth-order valence-corrected chi connectivity index (χ4v) is 3.21. The second-order valence-corrected chi connectivity index (χ2v) is 6.31. The van der Waals surface area contributed by atoms with Crippen LogP contribution in [0.2, 0.25) is 0 Å². The predicted octanol–water partition coefficient (Wildman–Crippen LogP) is 3.84. The molecule has 0 aliphatic heterocycles. The van der Waals surface area contributed by atoms with Crippen molar-refractivity contribution in [3.8, 4) is 17.6 Å². The van der Waals surface area contributed by atoms with Gasteiger partial charge in [-0.1, -0.05) is 12.1 Å². The Labute approximate surface area is 158 Å². The molecule has 0 spiro atoms. The van der Waals surface area contributed by atoms with Gasteiger partial charge in [0.1, 0.15) is 29.7 Å². The van der Waals surface area contributed by atoms with Crippen molar-refractivity contribution in [1.82, 2.24) is 0 Å². The molecule has 2 aromatic carbocycles. The number of hydrogen-bond acceptors (Lipinski definition) is 5. The molecular weight excluding hydrogens is 342 g/mol. The Morgan fingerprint density at radius 3 is 2.70 bits per heavy atom. The van der Waals surface area contributed by atoms with Crippen LogP contribution in [0.25, 0.3) is 6.08 Å². The highest BCUT2D eigenvalue weighted by Gasteiger charge is 2.13. The van der Waals surface area contributed by atoms with Gasteiger partial charge in [0.15, 0.2) is 0 Å². The van der Waals surface area contributed by atoms with E-state index < -0.39 is 5.97 Å². The fourth-order valence-electron chi connectivity index (χ4n) is 3.21. The molecule has 0 aromatic heterocycles. The van der Waals surface area contributed by atoms with Gasteiger partial charge in [0.25, 0.3) is 0 Å². The summed E-state index contributed by atoms with van der Waals surface area (Å²) in [5.74, 6) is 0.847. The van der Waals surface area contributed by atoms with Crippen LogP contribution in [-0.4, -0.2) is 20.2 Å².